The molecule has 122 valence electrons. The molecule has 4 rings (SSSR count). The van der Waals surface area contributed by atoms with Gasteiger partial charge in [-0.05, 0) is 60.2 Å². The maximum atomic E-state index is 6.09. The Kier molecular flexibility index (Phi) is 3.33. The summed E-state index contributed by atoms with van der Waals surface area (Å²) >= 11 is 1.69. The lowest BCUT2D eigenvalue weighted by Crippen LogP contribution is -2.10. The first-order chi connectivity index (χ1) is 11.3. The van der Waals surface area contributed by atoms with E-state index in [-0.39, 0.29) is 5.41 Å². The largest absolute Gasteiger partial charge is 0.454 e. The highest BCUT2D eigenvalue weighted by atomic mass is 32.1. The number of aromatic nitrogens is 1. The van der Waals surface area contributed by atoms with Gasteiger partial charge in [0.1, 0.15) is 5.58 Å². The van der Waals surface area contributed by atoms with Gasteiger partial charge in [-0.3, -0.25) is 0 Å². The second kappa shape index (κ2) is 5.18. The molecule has 0 N–H and O–H groups in total. The van der Waals surface area contributed by atoms with E-state index >= 15 is 0 Å². The van der Waals surface area contributed by atoms with Crippen LogP contribution in [0.25, 0.3) is 32.0 Å². The number of hydrogen-bond acceptors (Lipinski definition) is 3. The minimum absolute atomic E-state index is 0.131. The van der Waals surface area contributed by atoms with Crippen molar-refractivity contribution in [1.29, 1.82) is 0 Å². The number of furan rings is 1. The number of thiazole rings is 1. The highest BCUT2D eigenvalue weighted by Gasteiger charge is 2.17. The Morgan fingerprint density at radius 1 is 1.00 bits per heavy atom. The van der Waals surface area contributed by atoms with E-state index in [0.717, 1.165) is 21.9 Å². The summed E-state index contributed by atoms with van der Waals surface area (Å²) in [6.07, 6.45) is 0. The lowest BCUT2D eigenvalue weighted by molar-refractivity contribution is 0.591. The van der Waals surface area contributed by atoms with Crippen molar-refractivity contribution in [3.05, 3.63) is 53.1 Å². The molecule has 3 heteroatoms. The summed E-state index contributed by atoms with van der Waals surface area (Å²) in [6, 6.07) is 13.0. The van der Waals surface area contributed by atoms with Crippen molar-refractivity contribution in [1.82, 2.24) is 4.98 Å². The van der Waals surface area contributed by atoms with Gasteiger partial charge in [0, 0.05) is 5.39 Å². The summed E-state index contributed by atoms with van der Waals surface area (Å²) in [7, 11) is 0. The number of fused-ring (bicyclic) bond motifs is 2. The molecule has 4 aromatic rings. The minimum Gasteiger partial charge on any atom is -0.454 e. The van der Waals surface area contributed by atoms with Crippen LogP contribution < -0.4 is 0 Å². The Bertz CT molecular complexity index is 1060. The molecule has 0 fully saturated rings. The normalized spacial score (nSPS) is 12.4. The standard InChI is InChI=1S/C21H21NOS/c1-12-8-13(2)15-11-18(23-17(15)9-12)20-22-16-10-14(21(3,4)5)6-7-19(16)24-20/h6-11H,1-5H3. The van der Waals surface area contributed by atoms with Crippen molar-refractivity contribution in [2.75, 3.05) is 0 Å². The fraction of sp³-hybridized carbons (Fsp3) is 0.286. The van der Waals surface area contributed by atoms with E-state index in [4.69, 9.17) is 9.40 Å². The predicted molar refractivity (Wildman–Crippen MR) is 103 cm³/mol. The Hall–Kier alpha value is -2.13. The summed E-state index contributed by atoms with van der Waals surface area (Å²) in [5, 5.41) is 2.12. The van der Waals surface area contributed by atoms with E-state index in [1.54, 1.807) is 11.3 Å². The van der Waals surface area contributed by atoms with E-state index in [0.29, 0.717) is 0 Å². The number of rotatable bonds is 1. The molecule has 0 radical (unpaired) electrons. The molecule has 0 spiro atoms. The molecular formula is C21H21NOS. The summed E-state index contributed by atoms with van der Waals surface area (Å²) < 4.78 is 7.29. The molecule has 0 unspecified atom stereocenters. The number of aryl methyl sites for hydroxylation is 2. The molecule has 0 aliphatic heterocycles. The maximum absolute atomic E-state index is 6.09. The van der Waals surface area contributed by atoms with Crippen molar-refractivity contribution in [2.24, 2.45) is 0 Å². The average molecular weight is 335 g/mol. The van der Waals surface area contributed by atoms with E-state index < -0.39 is 0 Å². The molecule has 0 saturated heterocycles. The maximum Gasteiger partial charge on any atom is 0.164 e. The van der Waals surface area contributed by atoms with Crippen LogP contribution in [0.5, 0.6) is 0 Å². The van der Waals surface area contributed by atoms with Crippen molar-refractivity contribution >= 4 is 32.5 Å². The smallest absolute Gasteiger partial charge is 0.164 e. The van der Waals surface area contributed by atoms with Crippen LogP contribution in [0, 0.1) is 13.8 Å². The van der Waals surface area contributed by atoms with Crippen LogP contribution in [-0.2, 0) is 5.41 Å². The molecule has 0 amide bonds. The van der Waals surface area contributed by atoms with E-state index in [9.17, 15) is 0 Å². The molecular weight excluding hydrogens is 314 g/mol. The van der Waals surface area contributed by atoms with Crippen LogP contribution in [0.2, 0.25) is 0 Å². The van der Waals surface area contributed by atoms with Crippen molar-refractivity contribution in [3.63, 3.8) is 0 Å². The second-order valence-corrected chi connectivity index (χ2v) is 8.59. The van der Waals surface area contributed by atoms with Gasteiger partial charge in [-0.1, -0.05) is 32.9 Å². The van der Waals surface area contributed by atoms with Gasteiger partial charge in [0.2, 0.25) is 0 Å². The highest BCUT2D eigenvalue weighted by Crippen LogP contribution is 2.36. The van der Waals surface area contributed by atoms with E-state index in [2.05, 4.69) is 71.0 Å². The average Bonchev–Trinajstić information content (AvgIpc) is 3.08. The fourth-order valence-corrected chi connectivity index (χ4v) is 3.99. The molecule has 24 heavy (non-hydrogen) atoms. The summed E-state index contributed by atoms with van der Waals surface area (Å²) in [5.41, 5.74) is 5.90. The van der Waals surface area contributed by atoms with Gasteiger partial charge in [0.15, 0.2) is 10.8 Å². The molecule has 0 aliphatic carbocycles. The Morgan fingerprint density at radius 2 is 1.79 bits per heavy atom. The van der Waals surface area contributed by atoms with Gasteiger partial charge >= 0.3 is 0 Å². The van der Waals surface area contributed by atoms with Crippen LogP contribution in [0.1, 0.15) is 37.5 Å². The third kappa shape index (κ3) is 2.53. The first kappa shape index (κ1) is 15.4. The first-order valence-corrected chi connectivity index (χ1v) is 9.05. The van der Waals surface area contributed by atoms with Crippen LogP contribution in [-0.4, -0.2) is 4.98 Å². The van der Waals surface area contributed by atoms with E-state index in [1.807, 2.05) is 0 Å². The van der Waals surface area contributed by atoms with Crippen molar-refractivity contribution < 1.29 is 4.42 Å². The van der Waals surface area contributed by atoms with Gasteiger partial charge < -0.3 is 4.42 Å². The zero-order valence-electron chi connectivity index (χ0n) is 14.7. The van der Waals surface area contributed by atoms with Gasteiger partial charge in [0.05, 0.1) is 10.2 Å². The number of hydrogen-bond donors (Lipinski definition) is 0. The fourth-order valence-electron chi connectivity index (χ4n) is 3.09. The monoisotopic (exact) mass is 335 g/mol. The third-order valence-electron chi connectivity index (χ3n) is 4.45. The summed E-state index contributed by atoms with van der Waals surface area (Å²) in [6.45, 7) is 10.9. The van der Waals surface area contributed by atoms with Crippen LogP contribution in [0.15, 0.2) is 40.8 Å². The molecule has 2 aromatic carbocycles. The first-order valence-electron chi connectivity index (χ1n) is 8.23. The third-order valence-corrected chi connectivity index (χ3v) is 5.50. The van der Waals surface area contributed by atoms with Crippen LogP contribution >= 0.6 is 11.3 Å². The molecule has 2 heterocycles. The van der Waals surface area contributed by atoms with Gasteiger partial charge in [0.25, 0.3) is 0 Å². The quantitative estimate of drug-likeness (QED) is 0.390. The SMILES string of the molecule is Cc1cc(C)c2cc(-c3nc4cc(C(C)(C)C)ccc4s3)oc2c1. The van der Waals surface area contributed by atoms with E-state index in [1.165, 1.54) is 26.8 Å². The lowest BCUT2D eigenvalue weighted by Gasteiger charge is -2.18. The Labute approximate surface area is 146 Å². The number of benzene rings is 2. The van der Waals surface area contributed by atoms with Gasteiger partial charge in [-0.2, -0.15) is 0 Å². The molecule has 0 atom stereocenters. The summed E-state index contributed by atoms with van der Waals surface area (Å²) in [5.74, 6) is 0.859. The number of nitrogens with zero attached hydrogens (tertiary/aromatic N) is 1. The topological polar surface area (TPSA) is 26.0 Å². The van der Waals surface area contributed by atoms with Crippen molar-refractivity contribution in [2.45, 2.75) is 40.0 Å². The second-order valence-electron chi connectivity index (χ2n) is 7.56. The zero-order valence-corrected chi connectivity index (χ0v) is 15.5. The van der Waals surface area contributed by atoms with Gasteiger partial charge in [-0.25, -0.2) is 4.98 Å². The minimum atomic E-state index is 0.131. The Balaban J connectivity index is 1.86. The molecule has 2 nitrogen and oxygen atoms in total. The molecule has 0 bridgehead atoms. The van der Waals surface area contributed by atoms with Crippen molar-refractivity contribution in [3.8, 4) is 10.8 Å². The lowest BCUT2D eigenvalue weighted by atomic mass is 9.87. The van der Waals surface area contributed by atoms with Crippen LogP contribution in [0.3, 0.4) is 0 Å². The molecule has 2 aromatic heterocycles. The molecule has 0 aliphatic rings. The van der Waals surface area contributed by atoms with Crippen LogP contribution in [0.4, 0.5) is 0 Å². The summed E-state index contributed by atoms with van der Waals surface area (Å²) in [4.78, 5) is 4.83. The molecule has 0 saturated carbocycles. The predicted octanol–water partition coefficient (Wildman–Crippen LogP) is 6.62. The van der Waals surface area contributed by atoms with Gasteiger partial charge in [-0.15, -0.1) is 11.3 Å². The Morgan fingerprint density at radius 3 is 2.54 bits per heavy atom. The highest BCUT2D eigenvalue weighted by molar-refractivity contribution is 7.21. The zero-order chi connectivity index (χ0) is 17.1.